The van der Waals surface area contributed by atoms with E-state index >= 15 is 0 Å². The molecule has 1 aromatic rings. The molecule has 3 aliphatic heterocycles. The molecule has 35 heavy (non-hydrogen) atoms. The van der Waals surface area contributed by atoms with Gasteiger partial charge in [-0.2, -0.15) is 0 Å². The number of allylic oxidation sites excluding steroid dienone is 4. The van der Waals surface area contributed by atoms with Gasteiger partial charge >= 0.3 is 213 Å². The van der Waals surface area contributed by atoms with Crippen molar-refractivity contribution in [3.63, 3.8) is 0 Å². The zero-order chi connectivity index (χ0) is 24.1. The van der Waals surface area contributed by atoms with Crippen molar-refractivity contribution >= 4 is 50.2 Å². The van der Waals surface area contributed by atoms with Crippen LogP contribution < -0.4 is 8.19 Å². The van der Waals surface area contributed by atoms with Crippen molar-refractivity contribution in [2.24, 2.45) is 9.98 Å². The Bertz CT molecular complexity index is 1550. The Labute approximate surface area is 212 Å². The Morgan fingerprint density at radius 3 is 1.57 bits per heavy atom. The number of hydrogen-bond donors (Lipinski definition) is 0. The van der Waals surface area contributed by atoms with Crippen LogP contribution in [0.5, 0.6) is 0 Å². The molecule has 4 heterocycles. The van der Waals surface area contributed by atoms with Crippen LogP contribution in [0.3, 0.4) is 0 Å². The third kappa shape index (κ3) is 3.80. The molecule has 8 bridgehead atoms. The average molecular weight is 520 g/mol. The number of aliphatic imine (C=N–C) groups is 2. The summed E-state index contributed by atoms with van der Waals surface area (Å²) in [7, 11) is 0. The van der Waals surface area contributed by atoms with Crippen LogP contribution in [0.2, 0.25) is 0 Å². The third-order valence-corrected chi connectivity index (χ3v) is 9.30. The summed E-state index contributed by atoms with van der Waals surface area (Å²) in [5.41, 5.74) is 14.6. The Morgan fingerprint density at radius 2 is 1.11 bits per heavy atom. The van der Waals surface area contributed by atoms with E-state index in [1.165, 1.54) is 52.7 Å². The van der Waals surface area contributed by atoms with Gasteiger partial charge in [0.1, 0.15) is 0 Å². The summed E-state index contributed by atoms with van der Waals surface area (Å²) in [6.45, 7) is 8.91. The summed E-state index contributed by atoms with van der Waals surface area (Å²) in [4.78, 5) is 10.3. The summed E-state index contributed by atoms with van der Waals surface area (Å²) in [6, 6.07) is 17.6. The first-order chi connectivity index (χ1) is 17.1. The first kappa shape index (κ1) is 22.2. The van der Waals surface area contributed by atoms with Gasteiger partial charge in [0.25, 0.3) is 0 Å². The molecular formula is C32H28N2Se. The van der Waals surface area contributed by atoms with Gasteiger partial charge in [-0.25, -0.2) is 0 Å². The van der Waals surface area contributed by atoms with Crippen molar-refractivity contribution in [3.05, 3.63) is 102 Å². The second-order valence-corrected chi connectivity index (χ2v) is 11.7. The standard InChI is InChI=1S/C32H28N2Se/c1-5-25-19(3)29-17-23-12-13-24(35-23)18-30-20(4)26(6-2)32(34-30)16-22-14-21(15-31(25)33-29)27-10-8-7-9-11-28(22)27/h7-18H,5-6H2,1-4H3. The zero-order valence-electron chi connectivity index (χ0n) is 20.6. The molecule has 0 spiro atoms. The van der Waals surface area contributed by atoms with Gasteiger partial charge in [0.05, 0.1) is 0 Å². The van der Waals surface area contributed by atoms with E-state index in [1.54, 1.807) is 0 Å². The maximum absolute atomic E-state index is 5.14. The van der Waals surface area contributed by atoms with Crippen molar-refractivity contribution in [1.29, 1.82) is 0 Å². The monoisotopic (exact) mass is 520 g/mol. The first-order valence-electron chi connectivity index (χ1n) is 12.4. The van der Waals surface area contributed by atoms with E-state index in [4.69, 9.17) is 9.98 Å². The number of hydrogen-bond acceptors (Lipinski definition) is 2. The summed E-state index contributed by atoms with van der Waals surface area (Å²) in [5, 5.41) is 0. The van der Waals surface area contributed by atoms with Crippen LogP contribution in [-0.2, 0) is 0 Å². The molecule has 0 unspecified atom stereocenters. The molecule has 1 aromatic heterocycles. The summed E-state index contributed by atoms with van der Waals surface area (Å²) in [6.07, 6.45) is 11.1. The van der Waals surface area contributed by atoms with Crippen LogP contribution in [0.25, 0.3) is 35.4 Å². The van der Waals surface area contributed by atoms with Gasteiger partial charge in [0.2, 0.25) is 0 Å². The molecule has 0 radical (unpaired) electrons. The molecule has 0 saturated carbocycles. The third-order valence-electron chi connectivity index (χ3n) is 7.24. The summed E-state index contributed by atoms with van der Waals surface area (Å²) < 4.78 is 2.73. The molecule has 172 valence electrons. The fourth-order valence-corrected chi connectivity index (χ4v) is 7.23. The molecule has 0 fully saturated rings. The fraction of sp³-hybridized carbons (Fsp3) is 0.188. The second-order valence-electron chi connectivity index (χ2n) is 9.29. The van der Waals surface area contributed by atoms with Gasteiger partial charge in [0.15, 0.2) is 0 Å². The average Bonchev–Trinajstić information content (AvgIpc) is 3.51. The molecule has 0 aromatic carbocycles. The number of fused-ring (bicyclic) bond motifs is 9. The predicted octanol–water partition coefficient (Wildman–Crippen LogP) is 6.17. The van der Waals surface area contributed by atoms with Crippen LogP contribution in [-0.4, -0.2) is 25.9 Å². The van der Waals surface area contributed by atoms with Gasteiger partial charge < -0.3 is 0 Å². The molecule has 6 rings (SSSR count). The second kappa shape index (κ2) is 8.75. The van der Waals surface area contributed by atoms with Crippen molar-refractivity contribution in [1.82, 2.24) is 0 Å². The van der Waals surface area contributed by atoms with Gasteiger partial charge in [-0.15, -0.1) is 0 Å². The predicted molar refractivity (Wildman–Crippen MR) is 151 cm³/mol. The van der Waals surface area contributed by atoms with Crippen molar-refractivity contribution < 1.29 is 0 Å². The van der Waals surface area contributed by atoms with Gasteiger partial charge in [-0.05, 0) is 0 Å². The Balaban J connectivity index is 1.69. The first-order valence-corrected chi connectivity index (χ1v) is 14.1. The van der Waals surface area contributed by atoms with Gasteiger partial charge in [-0.1, -0.05) is 0 Å². The molecule has 5 aliphatic rings. The van der Waals surface area contributed by atoms with Gasteiger partial charge in [-0.3, -0.25) is 0 Å². The fourth-order valence-electron chi connectivity index (χ4n) is 5.37. The van der Waals surface area contributed by atoms with Crippen molar-refractivity contribution in [3.8, 4) is 11.1 Å². The quantitative estimate of drug-likeness (QED) is 0.362. The van der Waals surface area contributed by atoms with E-state index < -0.39 is 0 Å². The zero-order valence-corrected chi connectivity index (χ0v) is 22.4. The number of rotatable bonds is 2. The van der Waals surface area contributed by atoms with Crippen LogP contribution >= 0.6 is 0 Å². The van der Waals surface area contributed by atoms with E-state index in [9.17, 15) is 0 Å². The van der Waals surface area contributed by atoms with E-state index in [1.807, 2.05) is 0 Å². The topological polar surface area (TPSA) is 24.7 Å². The molecular weight excluding hydrogens is 491 g/mol. The van der Waals surface area contributed by atoms with Crippen LogP contribution in [0.1, 0.15) is 51.7 Å². The summed E-state index contributed by atoms with van der Waals surface area (Å²) >= 11 is 0.266. The Kier molecular flexibility index (Phi) is 5.56. The molecule has 0 N–H and O–H groups in total. The summed E-state index contributed by atoms with van der Waals surface area (Å²) in [5.74, 6) is 0. The molecule has 2 nitrogen and oxygen atoms in total. The van der Waals surface area contributed by atoms with Crippen molar-refractivity contribution in [2.45, 2.75) is 40.5 Å². The van der Waals surface area contributed by atoms with Crippen LogP contribution in [0, 0.1) is 0 Å². The van der Waals surface area contributed by atoms with Crippen LogP contribution in [0.15, 0.2) is 92.2 Å². The normalized spacial score (nSPS) is 17.1. The van der Waals surface area contributed by atoms with E-state index in [0.29, 0.717) is 0 Å². The molecule has 3 heteroatoms. The minimum absolute atomic E-state index is 0.266. The van der Waals surface area contributed by atoms with Crippen LogP contribution in [0.4, 0.5) is 0 Å². The van der Waals surface area contributed by atoms with E-state index in [-0.39, 0.29) is 14.5 Å². The molecule has 0 saturated heterocycles. The maximum atomic E-state index is 5.14. The molecule has 2 aliphatic carbocycles. The van der Waals surface area contributed by atoms with Gasteiger partial charge in [0, 0.05) is 0 Å². The SMILES string of the molecule is CCC1=C(C)C2=NC1=Cc1cc(c3cccccc1-3)C=C1N=C(C=c3ccc([se]3)=C2)C(C)=C1CC. The van der Waals surface area contributed by atoms with E-state index in [0.717, 1.165) is 35.7 Å². The minimum atomic E-state index is 0.266. The number of nitrogens with zero attached hydrogens (tertiary/aromatic N) is 2. The molecule has 0 atom stereocenters. The Hall–Kier alpha value is -3.26. The van der Waals surface area contributed by atoms with Crippen molar-refractivity contribution in [2.75, 3.05) is 0 Å². The van der Waals surface area contributed by atoms with E-state index in [2.05, 4.69) is 101 Å². The Morgan fingerprint density at radius 1 is 0.629 bits per heavy atom. The molecule has 0 amide bonds.